The number of nitrogens with zero attached hydrogens (tertiary/aromatic N) is 4. The Kier molecular flexibility index (Phi) is 7.75. The molecule has 4 heterocycles. The Labute approximate surface area is 220 Å². The molecule has 0 bridgehead atoms. The van der Waals surface area contributed by atoms with Crippen molar-refractivity contribution in [2.45, 2.75) is 43.4 Å². The first-order chi connectivity index (χ1) is 17.4. The van der Waals surface area contributed by atoms with Crippen LogP contribution in [0.3, 0.4) is 0 Å². The number of aromatic nitrogens is 1. The molecule has 0 N–H and O–H groups in total. The summed E-state index contributed by atoms with van der Waals surface area (Å²) in [6, 6.07) is 6.76. The number of amides is 1. The topological polar surface area (TPSA) is 83.0 Å². The Balaban J connectivity index is 1.44. The molecule has 2 aliphatic heterocycles. The summed E-state index contributed by atoms with van der Waals surface area (Å²) >= 11 is 2.71. The van der Waals surface area contributed by atoms with Gasteiger partial charge in [0.05, 0.1) is 23.4 Å². The van der Waals surface area contributed by atoms with Gasteiger partial charge in [0, 0.05) is 32.7 Å². The number of fused-ring (bicyclic) bond motifs is 1. The summed E-state index contributed by atoms with van der Waals surface area (Å²) < 4.78 is 34.9. The summed E-state index contributed by atoms with van der Waals surface area (Å²) in [7, 11) is -3.72. The maximum atomic E-state index is 14.1. The number of thiazole rings is 1. The fourth-order valence-electron chi connectivity index (χ4n) is 4.92. The summed E-state index contributed by atoms with van der Waals surface area (Å²) in [4.78, 5) is 23.0. The fourth-order valence-corrected chi connectivity index (χ4v) is 8.83. The van der Waals surface area contributed by atoms with E-state index in [9.17, 15) is 13.2 Å². The first kappa shape index (κ1) is 25.7. The van der Waals surface area contributed by atoms with E-state index in [4.69, 9.17) is 9.72 Å². The van der Waals surface area contributed by atoms with Crippen LogP contribution in [-0.4, -0.2) is 80.5 Å². The van der Waals surface area contributed by atoms with Gasteiger partial charge in [-0.2, -0.15) is 4.31 Å². The minimum absolute atomic E-state index is 0.177. The summed E-state index contributed by atoms with van der Waals surface area (Å²) in [5.41, 5.74) is 3.11. The van der Waals surface area contributed by atoms with Crippen molar-refractivity contribution in [2.75, 3.05) is 50.8 Å². The summed E-state index contributed by atoms with van der Waals surface area (Å²) in [6.45, 7) is 9.05. The molecule has 36 heavy (non-hydrogen) atoms. The molecule has 2 aliphatic rings. The van der Waals surface area contributed by atoms with Crippen molar-refractivity contribution in [3.63, 3.8) is 0 Å². The van der Waals surface area contributed by atoms with Gasteiger partial charge in [-0.3, -0.25) is 14.6 Å². The highest BCUT2D eigenvalue weighted by Crippen LogP contribution is 2.35. The predicted octanol–water partition coefficient (Wildman–Crippen LogP) is 3.88. The maximum absolute atomic E-state index is 14.1. The SMILES string of the molecule is Cc1ccc(C)c2sc(N(CCCN3CCOCC3)C(=O)C3CCCN3S(=O)(=O)c3cccs3)nc12. The molecule has 0 aliphatic carbocycles. The van der Waals surface area contributed by atoms with Crippen LogP contribution in [0.15, 0.2) is 33.9 Å². The van der Waals surface area contributed by atoms with E-state index in [0.29, 0.717) is 31.1 Å². The molecule has 0 radical (unpaired) electrons. The van der Waals surface area contributed by atoms with Gasteiger partial charge in [0.1, 0.15) is 10.3 Å². The molecule has 3 aromatic rings. The van der Waals surface area contributed by atoms with E-state index in [1.54, 1.807) is 22.4 Å². The lowest BCUT2D eigenvalue weighted by molar-refractivity contribution is -0.121. The fraction of sp³-hybridized carbons (Fsp3) is 0.520. The highest BCUT2D eigenvalue weighted by Gasteiger charge is 2.42. The Morgan fingerprint density at radius 3 is 2.67 bits per heavy atom. The highest BCUT2D eigenvalue weighted by molar-refractivity contribution is 7.91. The number of aryl methyl sites for hydroxylation is 2. The third-order valence-corrected chi connectivity index (χ3v) is 11.4. The van der Waals surface area contributed by atoms with E-state index >= 15 is 0 Å². The van der Waals surface area contributed by atoms with Gasteiger partial charge < -0.3 is 4.74 Å². The van der Waals surface area contributed by atoms with Crippen LogP contribution in [0.5, 0.6) is 0 Å². The second-order valence-electron chi connectivity index (χ2n) is 9.38. The van der Waals surface area contributed by atoms with Crippen LogP contribution in [0.25, 0.3) is 10.2 Å². The Morgan fingerprint density at radius 2 is 1.94 bits per heavy atom. The number of hydrogen-bond acceptors (Lipinski definition) is 8. The first-order valence-electron chi connectivity index (χ1n) is 12.4. The zero-order chi connectivity index (χ0) is 25.3. The number of ether oxygens (including phenoxy) is 1. The Bertz CT molecular complexity index is 1280. The largest absolute Gasteiger partial charge is 0.379 e. The van der Waals surface area contributed by atoms with Crippen molar-refractivity contribution in [1.29, 1.82) is 0 Å². The number of morpholine rings is 1. The highest BCUT2D eigenvalue weighted by atomic mass is 32.2. The molecule has 2 saturated heterocycles. The summed E-state index contributed by atoms with van der Waals surface area (Å²) in [5, 5.41) is 2.40. The van der Waals surface area contributed by atoms with E-state index < -0.39 is 16.1 Å². The predicted molar refractivity (Wildman–Crippen MR) is 145 cm³/mol. The molecule has 2 aromatic heterocycles. The van der Waals surface area contributed by atoms with Gasteiger partial charge in [-0.25, -0.2) is 13.4 Å². The molecule has 8 nitrogen and oxygen atoms in total. The molecule has 1 atom stereocenters. The lowest BCUT2D eigenvalue weighted by Gasteiger charge is -2.30. The minimum atomic E-state index is -3.72. The lowest BCUT2D eigenvalue weighted by atomic mass is 10.1. The zero-order valence-electron chi connectivity index (χ0n) is 20.7. The molecule has 1 amide bonds. The van der Waals surface area contributed by atoms with Gasteiger partial charge in [0.25, 0.3) is 10.0 Å². The van der Waals surface area contributed by atoms with Crippen molar-refractivity contribution >= 4 is 54.0 Å². The Morgan fingerprint density at radius 1 is 1.17 bits per heavy atom. The van der Waals surface area contributed by atoms with E-state index in [1.165, 1.54) is 27.0 Å². The normalized spacial score (nSPS) is 19.8. The molecule has 0 saturated carbocycles. The number of carbonyl (C=O) groups is 1. The number of benzene rings is 1. The van der Waals surface area contributed by atoms with Crippen LogP contribution in [0.2, 0.25) is 0 Å². The number of thiophene rings is 1. The number of rotatable bonds is 8. The number of anilines is 1. The lowest BCUT2D eigenvalue weighted by Crippen LogP contribution is -2.48. The maximum Gasteiger partial charge on any atom is 0.253 e. The Hall–Kier alpha value is -1.89. The van der Waals surface area contributed by atoms with Crippen LogP contribution in [0, 0.1) is 13.8 Å². The standard InChI is InChI=1S/C25H32N4O4S3/c1-18-8-9-19(2)23-22(18)26-25(35-23)28(11-5-10-27-13-15-33-16-14-27)24(30)20-6-3-12-29(20)36(31,32)21-7-4-17-34-21/h4,7-9,17,20H,3,5-6,10-16H2,1-2H3. The van der Waals surface area contributed by atoms with E-state index in [2.05, 4.69) is 24.0 Å². The molecular weight excluding hydrogens is 517 g/mol. The molecule has 11 heteroatoms. The smallest absolute Gasteiger partial charge is 0.253 e. The second kappa shape index (κ2) is 10.8. The van der Waals surface area contributed by atoms with Crippen LogP contribution >= 0.6 is 22.7 Å². The average molecular weight is 549 g/mol. The second-order valence-corrected chi connectivity index (χ2v) is 13.4. The van der Waals surface area contributed by atoms with Gasteiger partial charge in [-0.05, 0) is 55.7 Å². The molecular formula is C25H32N4O4S3. The molecule has 5 rings (SSSR count). The van der Waals surface area contributed by atoms with Crippen molar-refractivity contribution < 1.29 is 17.9 Å². The van der Waals surface area contributed by atoms with Gasteiger partial charge in [-0.15, -0.1) is 11.3 Å². The zero-order valence-corrected chi connectivity index (χ0v) is 23.1. The van der Waals surface area contributed by atoms with E-state index in [1.807, 2.05) is 6.92 Å². The molecule has 1 unspecified atom stereocenters. The van der Waals surface area contributed by atoms with Crippen LogP contribution < -0.4 is 4.90 Å². The van der Waals surface area contributed by atoms with Gasteiger partial charge >= 0.3 is 0 Å². The molecule has 194 valence electrons. The van der Waals surface area contributed by atoms with Crippen LogP contribution in [0.4, 0.5) is 5.13 Å². The van der Waals surface area contributed by atoms with Gasteiger partial charge in [-0.1, -0.05) is 29.5 Å². The van der Waals surface area contributed by atoms with Crippen molar-refractivity contribution in [3.05, 3.63) is 40.8 Å². The van der Waals surface area contributed by atoms with E-state index in [-0.39, 0.29) is 10.1 Å². The molecule has 1 aromatic carbocycles. The van der Waals surface area contributed by atoms with Gasteiger partial charge in [0.2, 0.25) is 5.91 Å². The number of carbonyl (C=O) groups excluding carboxylic acids is 1. The minimum Gasteiger partial charge on any atom is -0.379 e. The van der Waals surface area contributed by atoms with Gasteiger partial charge in [0.15, 0.2) is 5.13 Å². The summed E-state index contributed by atoms with van der Waals surface area (Å²) in [5.74, 6) is -0.177. The van der Waals surface area contributed by atoms with Crippen molar-refractivity contribution in [3.8, 4) is 0 Å². The van der Waals surface area contributed by atoms with Crippen LogP contribution in [-0.2, 0) is 19.6 Å². The summed E-state index contributed by atoms with van der Waals surface area (Å²) in [6.07, 6.45) is 1.97. The molecule has 0 spiro atoms. The monoisotopic (exact) mass is 548 g/mol. The number of sulfonamides is 1. The average Bonchev–Trinajstić information content (AvgIpc) is 3.65. The number of hydrogen-bond donors (Lipinski definition) is 0. The molecule has 2 fully saturated rings. The third kappa shape index (κ3) is 5.09. The first-order valence-corrected chi connectivity index (χ1v) is 15.5. The third-order valence-electron chi connectivity index (χ3n) is 6.93. The van der Waals surface area contributed by atoms with Crippen LogP contribution in [0.1, 0.15) is 30.4 Å². The quantitative estimate of drug-likeness (QED) is 0.425. The van der Waals surface area contributed by atoms with E-state index in [0.717, 1.165) is 60.6 Å². The van der Waals surface area contributed by atoms with Crippen molar-refractivity contribution in [2.24, 2.45) is 0 Å². The van der Waals surface area contributed by atoms with Crippen molar-refractivity contribution in [1.82, 2.24) is 14.2 Å².